The van der Waals surface area contributed by atoms with Gasteiger partial charge in [-0.05, 0) is 23.6 Å². The highest BCUT2D eigenvalue weighted by Gasteiger charge is 2.19. The molecule has 0 fully saturated rings. The first kappa shape index (κ1) is 8.30. The van der Waals surface area contributed by atoms with Crippen molar-refractivity contribution in [1.29, 1.82) is 0 Å². The van der Waals surface area contributed by atoms with E-state index in [-0.39, 0.29) is 7.33 Å². The molecule has 1 heterocycles. The molecule has 2 rings (SSSR count). The normalized spacial score (nSPS) is 14.1. The zero-order chi connectivity index (χ0) is 9.26. The minimum absolute atomic E-state index is 0. The van der Waals surface area contributed by atoms with Crippen molar-refractivity contribution in [2.24, 2.45) is 0 Å². The fourth-order valence-corrected chi connectivity index (χ4v) is 1.82. The minimum atomic E-state index is 0. The first-order valence-corrected chi connectivity index (χ1v) is 4.72. The highest BCUT2D eigenvalue weighted by molar-refractivity contribution is 5.99. The van der Waals surface area contributed by atoms with Crippen LogP contribution in [0.5, 0.6) is 0 Å². The molecule has 2 heteroatoms. The lowest BCUT2D eigenvalue weighted by atomic mass is 10.0. The smallest absolute Gasteiger partial charge is 0.228 e. The van der Waals surface area contributed by atoms with E-state index in [0.29, 0.717) is 6.42 Å². The Morgan fingerprint density at radius 3 is 3.15 bits per heavy atom. The van der Waals surface area contributed by atoms with Crippen molar-refractivity contribution in [2.45, 2.75) is 26.2 Å². The van der Waals surface area contributed by atoms with Gasteiger partial charge in [-0.15, -0.1) is 0 Å². The maximum Gasteiger partial charge on any atom is 0.228 e. The average Bonchev–Trinajstić information content (AvgIpc) is 2.47. The van der Waals surface area contributed by atoms with Crippen molar-refractivity contribution in [3.05, 3.63) is 29.3 Å². The molecule has 1 N–H and O–H groups in total. The van der Waals surface area contributed by atoms with Crippen LogP contribution in [-0.4, -0.2) is 5.91 Å². The van der Waals surface area contributed by atoms with Gasteiger partial charge >= 0.3 is 0 Å². The van der Waals surface area contributed by atoms with Gasteiger partial charge in [-0.1, -0.05) is 25.5 Å². The molecule has 1 aromatic rings. The second-order valence-corrected chi connectivity index (χ2v) is 3.42. The molecular weight excluding hydrogens is 162 g/mol. The van der Waals surface area contributed by atoms with Crippen LogP contribution in [0.3, 0.4) is 0 Å². The SMILES string of the molecule is CCCc1cccc2c1CC(=O)N2.[HH]. The van der Waals surface area contributed by atoms with Crippen LogP contribution in [0, 0.1) is 0 Å². The number of carbonyl (C=O) groups excluding carboxylic acids is 1. The summed E-state index contributed by atoms with van der Waals surface area (Å²) < 4.78 is 0. The van der Waals surface area contributed by atoms with Gasteiger partial charge in [-0.3, -0.25) is 4.79 Å². The molecule has 0 saturated heterocycles. The van der Waals surface area contributed by atoms with Crippen molar-refractivity contribution >= 4 is 11.6 Å². The number of fused-ring (bicyclic) bond motifs is 1. The standard InChI is InChI=1S/C11H13NO.H2/c1-2-4-8-5-3-6-10-9(8)7-11(13)12-10;/h3,5-6H,2,4,7H2,1H3,(H,12,13);1H. The number of anilines is 1. The Balaban J connectivity index is 0.000000980. The van der Waals surface area contributed by atoms with Crippen LogP contribution in [-0.2, 0) is 17.6 Å². The molecule has 0 spiro atoms. The van der Waals surface area contributed by atoms with Crippen LogP contribution >= 0.6 is 0 Å². The van der Waals surface area contributed by atoms with Crippen LogP contribution in [0.4, 0.5) is 5.69 Å². The second-order valence-electron chi connectivity index (χ2n) is 3.42. The molecule has 13 heavy (non-hydrogen) atoms. The number of hydrogen-bond acceptors (Lipinski definition) is 1. The summed E-state index contributed by atoms with van der Waals surface area (Å²) in [6.45, 7) is 2.16. The summed E-state index contributed by atoms with van der Waals surface area (Å²) in [7, 11) is 0. The van der Waals surface area contributed by atoms with E-state index in [4.69, 9.17) is 0 Å². The summed E-state index contributed by atoms with van der Waals surface area (Å²) in [6, 6.07) is 6.09. The number of aryl methyl sites for hydroxylation is 1. The third-order valence-electron chi connectivity index (χ3n) is 2.40. The topological polar surface area (TPSA) is 29.1 Å². The molecule has 0 aliphatic carbocycles. The van der Waals surface area contributed by atoms with E-state index in [1.165, 1.54) is 11.1 Å². The maximum atomic E-state index is 11.1. The first-order chi connectivity index (χ1) is 6.31. The molecule has 0 aromatic heterocycles. The van der Waals surface area contributed by atoms with Crippen molar-refractivity contribution in [3.63, 3.8) is 0 Å². The Hall–Kier alpha value is -1.31. The quantitative estimate of drug-likeness (QED) is 0.738. The number of nitrogens with one attached hydrogen (secondary N) is 1. The van der Waals surface area contributed by atoms with E-state index in [0.717, 1.165) is 18.5 Å². The summed E-state index contributed by atoms with van der Waals surface area (Å²) in [5.74, 6) is 0.124. The molecule has 1 amide bonds. The molecule has 2 nitrogen and oxygen atoms in total. The molecule has 1 aliphatic rings. The number of benzene rings is 1. The van der Waals surface area contributed by atoms with Gasteiger partial charge in [-0.2, -0.15) is 0 Å². The summed E-state index contributed by atoms with van der Waals surface area (Å²) >= 11 is 0. The van der Waals surface area contributed by atoms with Gasteiger partial charge in [0.2, 0.25) is 5.91 Å². The van der Waals surface area contributed by atoms with Gasteiger partial charge in [0, 0.05) is 7.11 Å². The van der Waals surface area contributed by atoms with Crippen molar-refractivity contribution in [1.82, 2.24) is 0 Å². The lowest BCUT2D eigenvalue weighted by Gasteiger charge is -2.04. The largest absolute Gasteiger partial charge is 0.326 e. The Labute approximate surface area is 79.4 Å². The number of carbonyl (C=O) groups is 1. The highest BCUT2D eigenvalue weighted by Crippen LogP contribution is 2.26. The molecule has 0 radical (unpaired) electrons. The van der Waals surface area contributed by atoms with Gasteiger partial charge in [0.15, 0.2) is 0 Å². The molecule has 70 valence electrons. The van der Waals surface area contributed by atoms with Crippen LogP contribution in [0.1, 0.15) is 25.9 Å². The molecule has 0 saturated carbocycles. The Bertz CT molecular complexity index is 349. The Morgan fingerprint density at radius 1 is 1.54 bits per heavy atom. The first-order valence-electron chi connectivity index (χ1n) is 4.72. The maximum absolute atomic E-state index is 11.1. The van der Waals surface area contributed by atoms with E-state index in [2.05, 4.69) is 18.3 Å². The summed E-state index contributed by atoms with van der Waals surface area (Å²) in [5.41, 5.74) is 3.53. The predicted molar refractivity (Wildman–Crippen MR) is 54.9 cm³/mol. The molecule has 1 aliphatic heterocycles. The van der Waals surface area contributed by atoms with E-state index < -0.39 is 0 Å². The predicted octanol–water partition coefficient (Wildman–Crippen LogP) is 2.38. The summed E-state index contributed by atoms with van der Waals surface area (Å²) in [6.07, 6.45) is 2.76. The Morgan fingerprint density at radius 2 is 2.38 bits per heavy atom. The zero-order valence-electron chi connectivity index (χ0n) is 7.76. The average molecular weight is 177 g/mol. The van der Waals surface area contributed by atoms with Crippen molar-refractivity contribution < 1.29 is 6.22 Å². The third-order valence-corrected chi connectivity index (χ3v) is 2.40. The van der Waals surface area contributed by atoms with Gasteiger partial charge < -0.3 is 5.32 Å². The summed E-state index contributed by atoms with van der Waals surface area (Å²) in [4.78, 5) is 11.1. The fourth-order valence-electron chi connectivity index (χ4n) is 1.82. The lowest BCUT2D eigenvalue weighted by molar-refractivity contribution is -0.115. The van der Waals surface area contributed by atoms with Crippen molar-refractivity contribution in [2.75, 3.05) is 5.32 Å². The van der Waals surface area contributed by atoms with Crippen LogP contribution < -0.4 is 5.32 Å². The van der Waals surface area contributed by atoms with Crippen molar-refractivity contribution in [3.8, 4) is 0 Å². The number of rotatable bonds is 2. The van der Waals surface area contributed by atoms with E-state index in [1.807, 2.05) is 12.1 Å². The molecule has 0 unspecified atom stereocenters. The number of amides is 1. The number of hydrogen-bond donors (Lipinski definition) is 1. The van der Waals surface area contributed by atoms with E-state index in [9.17, 15) is 4.79 Å². The molecule has 1 aromatic carbocycles. The van der Waals surface area contributed by atoms with Gasteiger partial charge in [0.1, 0.15) is 0 Å². The third kappa shape index (κ3) is 1.44. The monoisotopic (exact) mass is 177 g/mol. The molecule has 0 bridgehead atoms. The summed E-state index contributed by atoms with van der Waals surface area (Å²) in [5, 5.41) is 2.86. The lowest BCUT2D eigenvalue weighted by Crippen LogP contribution is -2.03. The molecule has 0 atom stereocenters. The molecular formula is C11H15NO. The Kier molecular flexibility index (Phi) is 2.05. The van der Waals surface area contributed by atoms with E-state index >= 15 is 0 Å². The highest BCUT2D eigenvalue weighted by atomic mass is 16.1. The van der Waals surface area contributed by atoms with Crippen LogP contribution in [0.2, 0.25) is 0 Å². The van der Waals surface area contributed by atoms with Crippen LogP contribution in [0.25, 0.3) is 0 Å². The minimum Gasteiger partial charge on any atom is -0.326 e. The second kappa shape index (κ2) is 3.21. The fraction of sp³-hybridized carbons (Fsp3) is 0.364. The van der Waals surface area contributed by atoms with E-state index in [1.54, 1.807) is 0 Å². The van der Waals surface area contributed by atoms with Gasteiger partial charge in [0.05, 0.1) is 6.42 Å². The zero-order valence-corrected chi connectivity index (χ0v) is 7.76. The van der Waals surface area contributed by atoms with Crippen LogP contribution in [0.15, 0.2) is 18.2 Å². The van der Waals surface area contributed by atoms with Gasteiger partial charge in [0.25, 0.3) is 0 Å². The van der Waals surface area contributed by atoms with Gasteiger partial charge in [-0.25, -0.2) is 0 Å².